The molecule has 0 atom stereocenters. The number of para-hydroxylation sites is 1. The summed E-state index contributed by atoms with van der Waals surface area (Å²) in [4.78, 5) is 19.6. The topological polar surface area (TPSA) is 63.0 Å². The van der Waals surface area contributed by atoms with Gasteiger partial charge in [0, 0.05) is 45.3 Å². The van der Waals surface area contributed by atoms with Gasteiger partial charge in [-0.05, 0) is 43.7 Å². The Bertz CT molecular complexity index is 1490. The van der Waals surface area contributed by atoms with E-state index in [1.165, 1.54) is 11.1 Å². The summed E-state index contributed by atoms with van der Waals surface area (Å²) in [6.45, 7) is 8.77. The summed E-state index contributed by atoms with van der Waals surface area (Å²) in [5, 5.41) is 5.95. The Kier molecular flexibility index (Phi) is 6.37. The van der Waals surface area contributed by atoms with Gasteiger partial charge in [0.1, 0.15) is 11.6 Å². The minimum atomic E-state index is 0.682. The zero-order chi connectivity index (χ0) is 25.2. The number of benzene rings is 2. The zero-order valence-corrected chi connectivity index (χ0v) is 21.4. The van der Waals surface area contributed by atoms with Crippen LogP contribution in [0.3, 0.4) is 0 Å². The Morgan fingerprint density at radius 2 is 1.54 bits per heavy atom. The normalized spacial score (nSPS) is 14.4. The van der Waals surface area contributed by atoms with Gasteiger partial charge in [-0.3, -0.25) is 9.88 Å². The molecule has 2 aromatic carbocycles. The molecule has 1 aliphatic heterocycles. The summed E-state index contributed by atoms with van der Waals surface area (Å²) in [5.74, 6) is 1.81. The average molecular weight is 490 g/mol. The van der Waals surface area contributed by atoms with E-state index in [4.69, 9.17) is 15.1 Å². The van der Waals surface area contributed by atoms with E-state index in [1.54, 1.807) is 0 Å². The predicted molar refractivity (Wildman–Crippen MR) is 147 cm³/mol. The van der Waals surface area contributed by atoms with Crippen molar-refractivity contribution in [2.24, 2.45) is 0 Å². The third-order valence-electron chi connectivity index (χ3n) is 7.00. The molecule has 0 saturated carbocycles. The van der Waals surface area contributed by atoms with Gasteiger partial charge in [0.15, 0.2) is 5.65 Å². The number of nitrogens with zero attached hydrogens (tertiary/aromatic N) is 7. The minimum Gasteiger partial charge on any atom is -0.353 e. The second kappa shape index (κ2) is 10.1. The first kappa shape index (κ1) is 23.3. The molecule has 0 unspecified atom stereocenters. The van der Waals surface area contributed by atoms with Crippen molar-refractivity contribution in [3.05, 3.63) is 107 Å². The first-order valence-corrected chi connectivity index (χ1v) is 12.9. The molecule has 0 amide bonds. The molecule has 5 aromatic rings. The van der Waals surface area contributed by atoms with Crippen molar-refractivity contribution in [2.75, 3.05) is 31.1 Å². The average Bonchev–Trinajstić information content (AvgIpc) is 3.27. The predicted octanol–water partition coefficient (Wildman–Crippen LogP) is 4.74. The number of anilines is 1. The van der Waals surface area contributed by atoms with Crippen LogP contribution in [0.1, 0.15) is 28.3 Å². The van der Waals surface area contributed by atoms with Crippen molar-refractivity contribution < 1.29 is 0 Å². The monoisotopic (exact) mass is 489 g/mol. The van der Waals surface area contributed by atoms with Gasteiger partial charge in [0.25, 0.3) is 0 Å². The molecule has 1 saturated heterocycles. The van der Waals surface area contributed by atoms with Crippen LogP contribution in [0.4, 0.5) is 5.82 Å². The minimum absolute atomic E-state index is 0.682. The molecule has 3 aromatic heterocycles. The van der Waals surface area contributed by atoms with E-state index in [0.717, 1.165) is 72.5 Å². The van der Waals surface area contributed by atoms with E-state index in [-0.39, 0.29) is 0 Å². The van der Waals surface area contributed by atoms with E-state index in [2.05, 4.69) is 77.2 Å². The number of piperazine rings is 1. The molecule has 4 heterocycles. The van der Waals surface area contributed by atoms with Gasteiger partial charge in [-0.15, -0.1) is 0 Å². The van der Waals surface area contributed by atoms with Gasteiger partial charge in [0.05, 0.1) is 22.5 Å². The molecule has 6 rings (SSSR count). The van der Waals surface area contributed by atoms with Crippen LogP contribution in [0, 0.1) is 13.8 Å². The van der Waals surface area contributed by atoms with Crippen LogP contribution in [0.15, 0.2) is 79.0 Å². The second-order valence-electron chi connectivity index (χ2n) is 9.74. The highest BCUT2D eigenvalue weighted by molar-refractivity contribution is 5.91. The number of hydrogen-bond acceptors (Lipinski definition) is 6. The lowest BCUT2D eigenvalue weighted by Crippen LogP contribution is -2.46. The van der Waals surface area contributed by atoms with Crippen LogP contribution in [-0.2, 0) is 13.0 Å². The summed E-state index contributed by atoms with van der Waals surface area (Å²) in [6, 6.07) is 25.0. The smallest absolute Gasteiger partial charge is 0.169 e. The SMILES string of the molecule is Cc1ccc(Cc2nc(N3CCN(Cc4ccccn4)CC3)c3c(C)nn(-c4ccccc4)c3n2)cc1. The van der Waals surface area contributed by atoms with Crippen molar-refractivity contribution in [2.45, 2.75) is 26.8 Å². The van der Waals surface area contributed by atoms with Crippen molar-refractivity contribution >= 4 is 16.9 Å². The largest absolute Gasteiger partial charge is 0.353 e. The van der Waals surface area contributed by atoms with Crippen LogP contribution < -0.4 is 4.90 Å². The Morgan fingerprint density at radius 1 is 0.784 bits per heavy atom. The molecule has 186 valence electrons. The molecule has 0 N–H and O–H groups in total. The highest BCUT2D eigenvalue weighted by Gasteiger charge is 2.25. The highest BCUT2D eigenvalue weighted by atomic mass is 15.3. The molecule has 37 heavy (non-hydrogen) atoms. The van der Waals surface area contributed by atoms with E-state index in [1.807, 2.05) is 35.1 Å². The Labute approximate surface area is 217 Å². The molecular weight excluding hydrogens is 458 g/mol. The number of hydrogen-bond donors (Lipinski definition) is 0. The Balaban J connectivity index is 1.35. The molecular formula is C30H31N7. The Hall–Kier alpha value is -4.10. The van der Waals surface area contributed by atoms with E-state index in [9.17, 15) is 0 Å². The molecule has 0 spiro atoms. The third-order valence-corrected chi connectivity index (χ3v) is 7.00. The standard InChI is InChI=1S/C30H31N7/c1-22-11-13-24(14-12-22)20-27-32-29(36-18-16-35(17-19-36)21-25-8-6-7-15-31-25)28-23(2)34-37(30(28)33-27)26-9-4-3-5-10-26/h3-15H,16-21H2,1-2H3. The lowest BCUT2D eigenvalue weighted by Gasteiger charge is -2.35. The lowest BCUT2D eigenvalue weighted by atomic mass is 10.1. The van der Waals surface area contributed by atoms with Crippen molar-refractivity contribution in [1.82, 2.24) is 29.6 Å². The van der Waals surface area contributed by atoms with Crippen LogP contribution in [0.5, 0.6) is 0 Å². The second-order valence-corrected chi connectivity index (χ2v) is 9.74. The fourth-order valence-corrected chi connectivity index (χ4v) is 4.99. The number of pyridine rings is 1. The van der Waals surface area contributed by atoms with Gasteiger partial charge in [-0.2, -0.15) is 5.10 Å². The van der Waals surface area contributed by atoms with Gasteiger partial charge in [-0.1, -0.05) is 54.1 Å². The quantitative estimate of drug-likeness (QED) is 0.343. The van der Waals surface area contributed by atoms with E-state index in [0.29, 0.717) is 6.42 Å². The van der Waals surface area contributed by atoms with Gasteiger partial charge < -0.3 is 4.90 Å². The van der Waals surface area contributed by atoms with Gasteiger partial charge >= 0.3 is 0 Å². The van der Waals surface area contributed by atoms with E-state index >= 15 is 0 Å². The fraction of sp³-hybridized carbons (Fsp3) is 0.267. The first-order chi connectivity index (χ1) is 18.1. The fourth-order valence-electron chi connectivity index (χ4n) is 4.99. The van der Waals surface area contributed by atoms with Crippen molar-refractivity contribution in [3.8, 4) is 5.69 Å². The Morgan fingerprint density at radius 3 is 2.27 bits per heavy atom. The number of aromatic nitrogens is 5. The van der Waals surface area contributed by atoms with E-state index < -0.39 is 0 Å². The summed E-state index contributed by atoms with van der Waals surface area (Å²) in [5.41, 5.74) is 6.39. The molecule has 0 radical (unpaired) electrons. The summed E-state index contributed by atoms with van der Waals surface area (Å²) in [7, 11) is 0. The number of rotatable bonds is 6. The maximum Gasteiger partial charge on any atom is 0.169 e. The summed E-state index contributed by atoms with van der Waals surface area (Å²) >= 11 is 0. The van der Waals surface area contributed by atoms with Crippen LogP contribution in [0.2, 0.25) is 0 Å². The first-order valence-electron chi connectivity index (χ1n) is 12.9. The maximum atomic E-state index is 5.15. The molecule has 7 heteroatoms. The molecule has 7 nitrogen and oxygen atoms in total. The van der Waals surface area contributed by atoms with Crippen molar-refractivity contribution in [3.63, 3.8) is 0 Å². The summed E-state index contributed by atoms with van der Waals surface area (Å²) in [6.07, 6.45) is 2.55. The number of fused-ring (bicyclic) bond motifs is 1. The molecule has 1 fully saturated rings. The van der Waals surface area contributed by atoms with Gasteiger partial charge in [0.2, 0.25) is 0 Å². The molecule has 0 aliphatic carbocycles. The molecule has 1 aliphatic rings. The van der Waals surface area contributed by atoms with Crippen LogP contribution in [-0.4, -0.2) is 55.8 Å². The molecule has 0 bridgehead atoms. The highest BCUT2D eigenvalue weighted by Crippen LogP contribution is 2.30. The van der Waals surface area contributed by atoms with Crippen LogP contribution in [0.25, 0.3) is 16.7 Å². The maximum absolute atomic E-state index is 5.15. The number of aryl methyl sites for hydroxylation is 2. The lowest BCUT2D eigenvalue weighted by molar-refractivity contribution is 0.246. The van der Waals surface area contributed by atoms with Crippen LogP contribution >= 0.6 is 0 Å². The van der Waals surface area contributed by atoms with Crippen molar-refractivity contribution in [1.29, 1.82) is 0 Å². The third kappa shape index (κ3) is 4.95. The van der Waals surface area contributed by atoms with Gasteiger partial charge in [-0.25, -0.2) is 14.6 Å². The zero-order valence-electron chi connectivity index (χ0n) is 21.4. The summed E-state index contributed by atoms with van der Waals surface area (Å²) < 4.78 is 1.96.